The first-order valence-corrected chi connectivity index (χ1v) is 8.16. The predicted octanol–water partition coefficient (Wildman–Crippen LogP) is 2.70. The van der Waals surface area contributed by atoms with E-state index in [-0.39, 0.29) is 23.0 Å². The molecule has 0 aliphatic heterocycles. The van der Waals surface area contributed by atoms with Crippen LogP contribution in [0.5, 0.6) is 0 Å². The molecule has 1 aromatic heterocycles. The van der Waals surface area contributed by atoms with Crippen molar-refractivity contribution in [1.82, 2.24) is 9.78 Å². The van der Waals surface area contributed by atoms with Gasteiger partial charge >= 0.3 is 5.97 Å². The lowest BCUT2D eigenvalue weighted by atomic mass is 10.1. The second-order valence-corrected chi connectivity index (χ2v) is 5.59. The summed E-state index contributed by atoms with van der Waals surface area (Å²) in [4.78, 5) is 11.6. The molecule has 6 nitrogen and oxygen atoms in total. The van der Waals surface area contributed by atoms with E-state index in [4.69, 9.17) is 22.7 Å². The minimum Gasteiger partial charge on any atom is -0.466 e. The Morgan fingerprint density at radius 1 is 1.44 bits per heavy atom. The van der Waals surface area contributed by atoms with E-state index in [0.717, 1.165) is 5.56 Å². The van der Waals surface area contributed by atoms with Crippen LogP contribution in [0.3, 0.4) is 0 Å². The average molecular weight is 354 g/mol. The topological polar surface area (TPSA) is 93.9 Å². The molecule has 0 atom stereocenters. The molecule has 0 amide bonds. The van der Waals surface area contributed by atoms with Crippen molar-refractivity contribution >= 4 is 29.3 Å². The Hall–Kier alpha value is -2.98. The Morgan fingerprint density at radius 3 is 2.76 bits per heavy atom. The van der Waals surface area contributed by atoms with Gasteiger partial charge in [0.05, 0.1) is 30.8 Å². The van der Waals surface area contributed by atoms with Gasteiger partial charge < -0.3 is 10.5 Å². The number of carbonyl (C=O) groups excluding carboxylic acids is 1. The first kappa shape index (κ1) is 18.4. The number of hydrogen-bond acceptors (Lipinski definition) is 5. The zero-order valence-corrected chi connectivity index (χ0v) is 14.6. The third-order valence-electron chi connectivity index (χ3n) is 3.37. The maximum atomic E-state index is 11.5. The molecular weight excluding hydrogens is 336 g/mol. The average Bonchev–Trinajstić information content (AvgIpc) is 3.01. The van der Waals surface area contributed by atoms with Crippen molar-refractivity contribution in [3.05, 3.63) is 47.7 Å². The van der Waals surface area contributed by atoms with Crippen LogP contribution in [-0.4, -0.2) is 27.3 Å². The summed E-state index contributed by atoms with van der Waals surface area (Å²) in [5.74, 6) is -0.280. The molecule has 2 aromatic rings. The van der Waals surface area contributed by atoms with Crippen molar-refractivity contribution < 1.29 is 9.53 Å². The van der Waals surface area contributed by atoms with Crippen molar-refractivity contribution in [2.45, 2.75) is 19.9 Å². The van der Waals surface area contributed by atoms with Crippen molar-refractivity contribution in [3.8, 4) is 17.3 Å². The highest BCUT2D eigenvalue weighted by molar-refractivity contribution is 7.80. The number of rotatable bonds is 7. The summed E-state index contributed by atoms with van der Waals surface area (Å²) in [6.45, 7) is 2.49. The molecule has 0 saturated heterocycles. The number of nitrogens with two attached hydrogens (primary N) is 1. The van der Waals surface area contributed by atoms with Crippen molar-refractivity contribution in [2.24, 2.45) is 5.73 Å². The minimum absolute atomic E-state index is 0.0285. The molecule has 0 fully saturated rings. The molecule has 0 unspecified atom stereocenters. The number of thiocarbonyl (C=S) groups is 1. The van der Waals surface area contributed by atoms with E-state index in [2.05, 4.69) is 5.10 Å². The first-order valence-electron chi connectivity index (χ1n) is 7.75. The van der Waals surface area contributed by atoms with Crippen LogP contribution >= 0.6 is 12.2 Å². The minimum atomic E-state index is -0.280. The normalized spacial score (nSPS) is 11.0. The Morgan fingerprint density at radius 2 is 2.16 bits per heavy atom. The summed E-state index contributed by atoms with van der Waals surface area (Å²) in [6, 6.07) is 11.5. The number of nitrogens with zero attached hydrogens (tertiary/aromatic N) is 3. The fourth-order valence-electron chi connectivity index (χ4n) is 2.23. The van der Waals surface area contributed by atoms with Crippen molar-refractivity contribution in [3.63, 3.8) is 0 Å². The van der Waals surface area contributed by atoms with Gasteiger partial charge in [-0.1, -0.05) is 42.5 Å². The highest BCUT2D eigenvalue weighted by Crippen LogP contribution is 2.24. The molecule has 0 spiro atoms. The second-order valence-electron chi connectivity index (χ2n) is 5.15. The van der Waals surface area contributed by atoms with E-state index in [1.807, 2.05) is 36.4 Å². The fourth-order valence-corrected chi connectivity index (χ4v) is 2.33. The lowest BCUT2D eigenvalue weighted by Crippen LogP contribution is -2.09. The lowest BCUT2D eigenvalue weighted by molar-refractivity contribution is -0.143. The summed E-state index contributed by atoms with van der Waals surface area (Å²) in [5.41, 5.74) is 8.07. The maximum Gasteiger partial charge on any atom is 0.307 e. The van der Waals surface area contributed by atoms with Gasteiger partial charge in [-0.2, -0.15) is 10.4 Å². The Balaban J connectivity index is 2.37. The van der Waals surface area contributed by atoms with Gasteiger partial charge in [-0.05, 0) is 13.0 Å². The summed E-state index contributed by atoms with van der Waals surface area (Å²) >= 11 is 4.90. The number of esters is 1. The molecule has 2 N–H and O–H groups in total. The van der Waals surface area contributed by atoms with Crippen LogP contribution in [0.4, 0.5) is 0 Å². The van der Waals surface area contributed by atoms with E-state index < -0.39 is 0 Å². The maximum absolute atomic E-state index is 11.5. The third-order valence-corrected chi connectivity index (χ3v) is 3.59. The van der Waals surface area contributed by atoms with Crippen LogP contribution < -0.4 is 5.73 Å². The fraction of sp³-hybridized carbons (Fsp3) is 0.222. The predicted molar refractivity (Wildman–Crippen MR) is 99.3 cm³/mol. The van der Waals surface area contributed by atoms with Gasteiger partial charge in [0, 0.05) is 17.3 Å². The number of aromatic nitrogens is 2. The molecule has 0 bridgehead atoms. The molecule has 128 valence electrons. The quantitative estimate of drug-likeness (QED) is 0.356. The van der Waals surface area contributed by atoms with E-state index in [1.54, 1.807) is 23.9 Å². The number of carbonyl (C=O) groups is 1. The van der Waals surface area contributed by atoms with Crippen molar-refractivity contribution in [1.29, 1.82) is 5.26 Å². The second kappa shape index (κ2) is 8.76. The summed E-state index contributed by atoms with van der Waals surface area (Å²) in [5, 5.41) is 13.7. The van der Waals surface area contributed by atoms with Crippen molar-refractivity contribution in [2.75, 3.05) is 6.61 Å². The van der Waals surface area contributed by atoms with E-state index in [1.165, 1.54) is 0 Å². The van der Waals surface area contributed by atoms with Gasteiger partial charge in [0.25, 0.3) is 0 Å². The lowest BCUT2D eigenvalue weighted by Gasteiger charge is -2.02. The van der Waals surface area contributed by atoms with Gasteiger partial charge in [0.2, 0.25) is 0 Å². The zero-order chi connectivity index (χ0) is 18.2. The van der Waals surface area contributed by atoms with Crippen LogP contribution in [0, 0.1) is 11.3 Å². The Kier molecular flexibility index (Phi) is 6.43. The molecule has 0 aliphatic rings. The monoisotopic (exact) mass is 354 g/mol. The van der Waals surface area contributed by atoms with Crippen LogP contribution in [0.2, 0.25) is 0 Å². The van der Waals surface area contributed by atoms with Gasteiger partial charge in [0.15, 0.2) is 0 Å². The molecule has 7 heteroatoms. The first-order chi connectivity index (χ1) is 12.0. The highest BCUT2D eigenvalue weighted by Gasteiger charge is 2.12. The van der Waals surface area contributed by atoms with Crippen LogP contribution in [0.1, 0.15) is 18.9 Å². The Labute approximate surface area is 151 Å². The van der Waals surface area contributed by atoms with Crippen LogP contribution in [-0.2, 0) is 16.1 Å². The summed E-state index contributed by atoms with van der Waals surface area (Å²) < 4.78 is 6.58. The summed E-state index contributed by atoms with van der Waals surface area (Å²) in [6.07, 6.45) is 3.59. The van der Waals surface area contributed by atoms with Gasteiger partial charge in [-0.3, -0.25) is 9.48 Å². The standard InChI is InChI=1S/C18H18N4O2S/c1-2-24-16(23)8-9-22-12-15(10-14(11-19)18(20)25)17(21-22)13-6-4-3-5-7-13/h3-7,10,12H,2,8-9H2,1H3,(H2,20,25)/b14-10+. The molecular formula is C18H18N4O2S. The molecule has 25 heavy (non-hydrogen) atoms. The zero-order valence-electron chi connectivity index (χ0n) is 13.8. The molecule has 1 aromatic carbocycles. The van der Waals surface area contributed by atoms with Crippen LogP contribution in [0.15, 0.2) is 42.1 Å². The molecule has 2 rings (SSSR count). The highest BCUT2D eigenvalue weighted by atomic mass is 32.1. The third kappa shape index (κ3) is 4.99. The van der Waals surface area contributed by atoms with Gasteiger partial charge in [0.1, 0.15) is 11.1 Å². The van der Waals surface area contributed by atoms with Gasteiger partial charge in [-0.15, -0.1) is 0 Å². The van der Waals surface area contributed by atoms with Crippen LogP contribution in [0.25, 0.3) is 17.3 Å². The van der Waals surface area contributed by atoms with E-state index >= 15 is 0 Å². The van der Waals surface area contributed by atoms with Gasteiger partial charge in [-0.25, -0.2) is 0 Å². The molecule has 0 saturated carbocycles. The number of ether oxygens (including phenoxy) is 1. The Bertz CT molecular complexity index is 835. The molecule has 0 radical (unpaired) electrons. The SMILES string of the molecule is CCOC(=O)CCn1cc(/C=C(\C#N)C(N)=S)c(-c2ccccc2)n1. The molecule has 0 aliphatic carbocycles. The van der Waals surface area contributed by atoms with E-state index in [9.17, 15) is 10.1 Å². The number of benzene rings is 1. The van der Waals surface area contributed by atoms with E-state index in [0.29, 0.717) is 24.4 Å². The number of aryl methyl sites for hydroxylation is 1. The largest absolute Gasteiger partial charge is 0.466 e. The number of hydrogen-bond donors (Lipinski definition) is 1. The smallest absolute Gasteiger partial charge is 0.307 e. The summed E-state index contributed by atoms with van der Waals surface area (Å²) in [7, 11) is 0. The number of nitriles is 1. The molecule has 1 heterocycles.